The molecular weight excluding hydrogens is 342 g/mol. The highest BCUT2D eigenvalue weighted by Gasteiger charge is 2.15. The Labute approximate surface area is 147 Å². The van der Waals surface area contributed by atoms with E-state index in [9.17, 15) is 4.79 Å². The second-order valence-corrected chi connectivity index (χ2v) is 5.79. The number of ether oxygens (including phenoxy) is 1. The predicted molar refractivity (Wildman–Crippen MR) is 92.3 cm³/mol. The first-order chi connectivity index (χ1) is 12.2. The van der Waals surface area contributed by atoms with Crippen LogP contribution < -0.4 is 0 Å². The largest absolute Gasteiger partial charge is 0.455 e. The lowest BCUT2D eigenvalue weighted by atomic mass is 10.2. The smallest absolute Gasteiger partial charge is 0.340 e. The maximum atomic E-state index is 12.0. The molecule has 6 heteroatoms. The fourth-order valence-corrected chi connectivity index (χ4v) is 2.66. The minimum Gasteiger partial charge on any atom is -0.455 e. The molecule has 2 aromatic carbocycles. The lowest BCUT2D eigenvalue weighted by Crippen LogP contribution is -2.05. The third-order valence-corrected chi connectivity index (χ3v) is 4.00. The van der Waals surface area contributed by atoms with Gasteiger partial charge >= 0.3 is 5.97 Å². The summed E-state index contributed by atoms with van der Waals surface area (Å²) in [5.74, 6) is 0.524. The van der Waals surface area contributed by atoms with Crippen LogP contribution in [0.1, 0.15) is 16.1 Å². The molecule has 0 spiro atoms. The molecule has 2 heterocycles. The number of aromatic nitrogens is 1. The number of fused-ring (bicyclic) bond motifs is 1. The Bertz CT molecular complexity index is 1020. The first kappa shape index (κ1) is 15.5. The number of carbonyl (C=O) groups excluding carboxylic acids is 1. The van der Waals surface area contributed by atoms with Gasteiger partial charge in [-0.05, 0) is 24.3 Å². The summed E-state index contributed by atoms with van der Waals surface area (Å²) < 4.78 is 16.2. The van der Waals surface area contributed by atoms with Crippen molar-refractivity contribution in [1.82, 2.24) is 5.16 Å². The van der Waals surface area contributed by atoms with Crippen molar-refractivity contribution in [3.8, 4) is 11.5 Å². The summed E-state index contributed by atoms with van der Waals surface area (Å²) in [4.78, 5) is 12.0. The zero-order chi connectivity index (χ0) is 17.2. The van der Waals surface area contributed by atoms with Crippen molar-refractivity contribution in [3.63, 3.8) is 0 Å². The van der Waals surface area contributed by atoms with Crippen molar-refractivity contribution in [1.29, 1.82) is 0 Å². The summed E-state index contributed by atoms with van der Waals surface area (Å²) in [6.45, 7) is -0.0201. The molecule has 4 rings (SSSR count). The van der Waals surface area contributed by atoms with Gasteiger partial charge in [0.15, 0.2) is 5.76 Å². The SMILES string of the molecule is O=C(OCc1cc(-c2cc3ccccc3o2)on1)c1ccccc1Cl. The van der Waals surface area contributed by atoms with Crippen molar-refractivity contribution in [2.45, 2.75) is 6.61 Å². The lowest BCUT2D eigenvalue weighted by molar-refractivity contribution is 0.0464. The number of esters is 1. The number of para-hydroxylation sites is 1. The minimum atomic E-state index is -0.515. The van der Waals surface area contributed by atoms with Gasteiger partial charge in [-0.1, -0.05) is 47.1 Å². The van der Waals surface area contributed by atoms with Crippen LogP contribution >= 0.6 is 11.6 Å². The second kappa shape index (κ2) is 6.45. The number of hydrogen-bond donors (Lipinski definition) is 0. The molecule has 5 nitrogen and oxygen atoms in total. The van der Waals surface area contributed by atoms with Crippen molar-refractivity contribution >= 4 is 28.5 Å². The third kappa shape index (κ3) is 3.14. The van der Waals surface area contributed by atoms with Crippen LogP contribution in [0.3, 0.4) is 0 Å². The van der Waals surface area contributed by atoms with E-state index in [0.29, 0.717) is 27.8 Å². The van der Waals surface area contributed by atoms with Crippen LogP contribution in [0.2, 0.25) is 5.02 Å². The van der Waals surface area contributed by atoms with E-state index >= 15 is 0 Å². The van der Waals surface area contributed by atoms with Crippen LogP contribution in [-0.4, -0.2) is 11.1 Å². The van der Waals surface area contributed by atoms with Crippen LogP contribution in [-0.2, 0) is 11.3 Å². The van der Waals surface area contributed by atoms with E-state index in [1.165, 1.54) is 0 Å². The molecular formula is C19H12ClNO4. The summed E-state index contributed by atoms with van der Waals surface area (Å²) in [5, 5.41) is 5.22. The Kier molecular flexibility index (Phi) is 3.99. The summed E-state index contributed by atoms with van der Waals surface area (Å²) in [5.41, 5.74) is 1.56. The van der Waals surface area contributed by atoms with E-state index in [1.807, 2.05) is 30.3 Å². The number of furan rings is 1. The quantitative estimate of drug-likeness (QED) is 0.477. The molecule has 124 valence electrons. The molecule has 0 saturated heterocycles. The molecule has 0 aliphatic rings. The van der Waals surface area contributed by atoms with Gasteiger partial charge in [-0.25, -0.2) is 4.79 Å². The zero-order valence-electron chi connectivity index (χ0n) is 12.9. The van der Waals surface area contributed by atoms with E-state index in [1.54, 1.807) is 30.3 Å². The average Bonchev–Trinajstić information content (AvgIpc) is 3.26. The first-order valence-electron chi connectivity index (χ1n) is 7.57. The number of halogens is 1. The van der Waals surface area contributed by atoms with Crippen LogP contribution in [0, 0.1) is 0 Å². The zero-order valence-corrected chi connectivity index (χ0v) is 13.7. The lowest BCUT2D eigenvalue weighted by Gasteiger charge is -2.03. The number of nitrogens with zero attached hydrogens (tertiary/aromatic N) is 1. The van der Waals surface area contributed by atoms with Crippen molar-refractivity contribution in [2.24, 2.45) is 0 Å². The highest BCUT2D eigenvalue weighted by Crippen LogP contribution is 2.28. The Morgan fingerprint density at radius 3 is 2.68 bits per heavy atom. The maximum absolute atomic E-state index is 12.0. The molecule has 0 aliphatic carbocycles. The Morgan fingerprint density at radius 1 is 1.04 bits per heavy atom. The first-order valence-corrected chi connectivity index (χ1v) is 7.95. The normalized spacial score (nSPS) is 10.9. The van der Waals surface area contributed by atoms with Gasteiger partial charge in [-0.2, -0.15) is 0 Å². The molecule has 0 unspecified atom stereocenters. The number of carbonyl (C=O) groups is 1. The van der Waals surface area contributed by atoms with Gasteiger partial charge in [-0.15, -0.1) is 0 Å². The molecule has 0 atom stereocenters. The van der Waals surface area contributed by atoms with E-state index < -0.39 is 5.97 Å². The summed E-state index contributed by atoms with van der Waals surface area (Å²) >= 11 is 5.98. The van der Waals surface area contributed by atoms with Crippen molar-refractivity contribution in [2.75, 3.05) is 0 Å². The monoisotopic (exact) mass is 353 g/mol. The van der Waals surface area contributed by atoms with E-state index in [4.69, 9.17) is 25.3 Å². The summed E-state index contributed by atoms with van der Waals surface area (Å²) in [6.07, 6.45) is 0. The van der Waals surface area contributed by atoms with Gasteiger partial charge < -0.3 is 13.7 Å². The standard InChI is InChI=1S/C19H12ClNO4/c20-15-7-3-2-6-14(15)19(22)23-11-13-10-18(25-21-13)17-9-12-5-1-4-8-16(12)24-17/h1-10H,11H2. The number of hydrogen-bond acceptors (Lipinski definition) is 5. The fraction of sp³-hybridized carbons (Fsp3) is 0.0526. The number of rotatable bonds is 4. The predicted octanol–water partition coefficient (Wildman–Crippen LogP) is 5.10. The van der Waals surface area contributed by atoms with Crippen LogP contribution in [0.15, 0.2) is 69.6 Å². The van der Waals surface area contributed by atoms with Crippen LogP contribution in [0.5, 0.6) is 0 Å². The van der Waals surface area contributed by atoms with Gasteiger partial charge in [0.05, 0.1) is 10.6 Å². The molecule has 0 bridgehead atoms. The molecule has 0 N–H and O–H groups in total. The van der Waals surface area contributed by atoms with E-state index in [-0.39, 0.29) is 6.61 Å². The fourth-order valence-electron chi connectivity index (χ4n) is 2.44. The molecule has 0 amide bonds. The summed E-state index contributed by atoms with van der Waals surface area (Å²) in [6, 6.07) is 17.9. The summed E-state index contributed by atoms with van der Waals surface area (Å²) in [7, 11) is 0. The Balaban J connectivity index is 1.48. The third-order valence-electron chi connectivity index (χ3n) is 3.67. The molecule has 0 aliphatic heterocycles. The van der Waals surface area contributed by atoms with Gasteiger partial charge in [0.25, 0.3) is 0 Å². The molecule has 0 fully saturated rings. The van der Waals surface area contributed by atoms with Gasteiger partial charge in [-0.3, -0.25) is 0 Å². The van der Waals surface area contributed by atoms with Crippen molar-refractivity contribution in [3.05, 3.63) is 76.9 Å². The van der Waals surface area contributed by atoms with Crippen LogP contribution in [0.4, 0.5) is 0 Å². The molecule has 2 aromatic heterocycles. The highest BCUT2D eigenvalue weighted by molar-refractivity contribution is 6.33. The highest BCUT2D eigenvalue weighted by atomic mass is 35.5. The topological polar surface area (TPSA) is 65.5 Å². The molecule has 0 saturated carbocycles. The van der Waals surface area contributed by atoms with Crippen LogP contribution in [0.25, 0.3) is 22.5 Å². The Hall–Kier alpha value is -3.05. The van der Waals surface area contributed by atoms with Gasteiger partial charge in [0.1, 0.15) is 17.9 Å². The van der Waals surface area contributed by atoms with Gasteiger partial charge in [0, 0.05) is 11.5 Å². The minimum absolute atomic E-state index is 0.0201. The van der Waals surface area contributed by atoms with E-state index in [2.05, 4.69) is 5.16 Å². The Morgan fingerprint density at radius 2 is 1.84 bits per heavy atom. The van der Waals surface area contributed by atoms with E-state index in [0.717, 1.165) is 11.0 Å². The molecule has 4 aromatic rings. The molecule has 25 heavy (non-hydrogen) atoms. The van der Waals surface area contributed by atoms with Gasteiger partial charge in [0.2, 0.25) is 5.76 Å². The molecule has 0 radical (unpaired) electrons. The average molecular weight is 354 g/mol. The number of benzene rings is 2. The second-order valence-electron chi connectivity index (χ2n) is 5.39. The maximum Gasteiger partial charge on any atom is 0.340 e. The van der Waals surface area contributed by atoms with Crippen molar-refractivity contribution < 1.29 is 18.5 Å².